The second-order valence-corrected chi connectivity index (χ2v) is 3.73. The summed E-state index contributed by atoms with van der Waals surface area (Å²) in [5, 5.41) is 6.62. The van der Waals surface area contributed by atoms with Crippen molar-refractivity contribution >= 4 is 5.78 Å². The van der Waals surface area contributed by atoms with Crippen LogP contribution in [0.2, 0.25) is 0 Å². The number of nitrogens with one attached hydrogen (secondary N) is 2. The van der Waals surface area contributed by atoms with Gasteiger partial charge in [0.05, 0.1) is 5.41 Å². The van der Waals surface area contributed by atoms with Crippen molar-refractivity contribution in [3.63, 3.8) is 0 Å². The first kappa shape index (κ1) is 7.25. The molecule has 0 amide bonds. The Labute approximate surface area is 66.5 Å². The molecule has 0 aliphatic carbocycles. The van der Waals surface area contributed by atoms with Gasteiger partial charge in [0, 0.05) is 32.1 Å². The van der Waals surface area contributed by atoms with Gasteiger partial charge in [0.1, 0.15) is 5.78 Å². The number of hydrogen-bond acceptors (Lipinski definition) is 3. The normalized spacial score (nSPS) is 44.1. The second-order valence-electron chi connectivity index (χ2n) is 3.73. The van der Waals surface area contributed by atoms with Gasteiger partial charge in [0.25, 0.3) is 0 Å². The Hall–Kier alpha value is -0.410. The Morgan fingerprint density at radius 2 is 2.45 bits per heavy atom. The van der Waals surface area contributed by atoms with Crippen LogP contribution in [0.25, 0.3) is 0 Å². The van der Waals surface area contributed by atoms with Crippen LogP contribution in [-0.4, -0.2) is 31.5 Å². The Morgan fingerprint density at radius 1 is 1.64 bits per heavy atom. The van der Waals surface area contributed by atoms with Crippen molar-refractivity contribution in [1.29, 1.82) is 0 Å². The quantitative estimate of drug-likeness (QED) is 0.495. The average molecular weight is 154 g/mol. The van der Waals surface area contributed by atoms with Gasteiger partial charge in [-0.05, 0) is 6.92 Å². The van der Waals surface area contributed by atoms with E-state index in [4.69, 9.17) is 0 Å². The van der Waals surface area contributed by atoms with Crippen LogP contribution in [0.5, 0.6) is 0 Å². The zero-order valence-corrected chi connectivity index (χ0v) is 6.81. The molecule has 0 aromatic rings. The van der Waals surface area contributed by atoms with Gasteiger partial charge in [0.2, 0.25) is 0 Å². The number of rotatable bonds is 0. The second kappa shape index (κ2) is 2.29. The van der Waals surface area contributed by atoms with Gasteiger partial charge in [-0.1, -0.05) is 0 Å². The van der Waals surface area contributed by atoms with Gasteiger partial charge < -0.3 is 10.6 Å². The maximum Gasteiger partial charge on any atom is 0.142 e. The van der Waals surface area contributed by atoms with Crippen molar-refractivity contribution < 1.29 is 4.79 Å². The highest BCUT2D eigenvalue weighted by Crippen LogP contribution is 2.30. The minimum atomic E-state index is -0.113. The van der Waals surface area contributed by atoms with Crippen LogP contribution >= 0.6 is 0 Å². The first-order valence-electron chi connectivity index (χ1n) is 4.21. The number of Topliss-reactive ketones (excluding diaryl/α,β-unsaturated/α-hetero) is 1. The number of carbonyl (C=O) groups excluding carboxylic acids is 1. The lowest BCUT2D eigenvalue weighted by Gasteiger charge is -2.34. The van der Waals surface area contributed by atoms with Gasteiger partial charge >= 0.3 is 0 Å². The van der Waals surface area contributed by atoms with Crippen molar-refractivity contribution in [3.05, 3.63) is 0 Å². The lowest BCUT2D eigenvalue weighted by Crippen LogP contribution is -2.52. The van der Waals surface area contributed by atoms with Crippen LogP contribution in [-0.2, 0) is 4.79 Å². The fourth-order valence-electron chi connectivity index (χ4n) is 2.06. The summed E-state index contributed by atoms with van der Waals surface area (Å²) in [5.41, 5.74) is -0.113. The molecule has 11 heavy (non-hydrogen) atoms. The molecule has 2 aliphatic rings. The molecule has 0 spiro atoms. The Bertz CT molecular complexity index is 193. The topological polar surface area (TPSA) is 41.1 Å². The highest BCUT2D eigenvalue weighted by molar-refractivity contribution is 5.87. The fraction of sp³-hybridized carbons (Fsp3) is 0.875. The molecule has 0 aromatic heterocycles. The van der Waals surface area contributed by atoms with Crippen LogP contribution in [0.4, 0.5) is 0 Å². The van der Waals surface area contributed by atoms with E-state index in [0.29, 0.717) is 18.2 Å². The fourth-order valence-corrected chi connectivity index (χ4v) is 2.06. The van der Waals surface area contributed by atoms with E-state index in [0.717, 1.165) is 19.6 Å². The molecule has 2 aliphatic heterocycles. The molecule has 2 rings (SSSR count). The van der Waals surface area contributed by atoms with Gasteiger partial charge in [-0.3, -0.25) is 4.79 Å². The molecule has 0 bridgehead atoms. The maximum absolute atomic E-state index is 11.5. The van der Waals surface area contributed by atoms with E-state index in [9.17, 15) is 4.79 Å². The molecular formula is C8H14N2O. The van der Waals surface area contributed by atoms with E-state index in [2.05, 4.69) is 17.6 Å². The smallest absolute Gasteiger partial charge is 0.142 e. The van der Waals surface area contributed by atoms with Crippen LogP contribution in [0.3, 0.4) is 0 Å². The summed E-state index contributed by atoms with van der Waals surface area (Å²) in [6.07, 6.45) is 0.703. The molecule has 2 unspecified atom stereocenters. The number of piperidine rings is 1. The van der Waals surface area contributed by atoms with E-state index in [1.54, 1.807) is 0 Å². The van der Waals surface area contributed by atoms with E-state index in [1.165, 1.54) is 0 Å². The monoisotopic (exact) mass is 154 g/mol. The summed E-state index contributed by atoms with van der Waals surface area (Å²) >= 11 is 0. The van der Waals surface area contributed by atoms with Crippen molar-refractivity contribution in [2.45, 2.75) is 19.4 Å². The molecular weight excluding hydrogens is 140 g/mol. The van der Waals surface area contributed by atoms with Crippen LogP contribution in [0.1, 0.15) is 13.3 Å². The summed E-state index contributed by atoms with van der Waals surface area (Å²) in [6.45, 7) is 4.72. The third-order valence-electron chi connectivity index (χ3n) is 2.99. The SMILES string of the molecule is CC12CNCC1NCCC2=O. The summed E-state index contributed by atoms with van der Waals surface area (Å²) in [4.78, 5) is 11.5. The number of carbonyl (C=O) groups is 1. The molecule has 2 N–H and O–H groups in total. The molecule has 3 nitrogen and oxygen atoms in total. The maximum atomic E-state index is 11.5. The molecule has 2 saturated heterocycles. The molecule has 62 valence electrons. The first-order chi connectivity index (χ1) is 5.23. The van der Waals surface area contributed by atoms with Crippen molar-refractivity contribution in [1.82, 2.24) is 10.6 Å². The van der Waals surface area contributed by atoms with E-state index in [-0.39, 0.29) is 5.41 Å². The van der Waals surface area contributed by atoms with Crippen LogP contribution in [0.15, 0.2) is 0 Å². The lowest BCUT2D eigenvalue weighted by atomic mass is 9.77. The molecule has 2 fully saturated rings. The third kappa shape index (κ3) is 0.914. The highest BCUT2D eigenvalue weighted by Gasteiger charge is 2.46. The number of ketones is 1. The van der Waals surface area contributed by atoms with Crippen molar-refractivity contribution in [2.75, 3.05) is 19.6 Å². The van der Waals surface area contributed by atoms with E-state index < -0.39 is 0 Å². The zero-order valence-electron chi connectivity index (χ0n) is 6.81. The molecule has 2 atom stereocenters. The Balaban J connectivity index is 2.24. The summed E-state index contributed by atoms with van der Waals surface area (Å²) in [7, 11) is 0. The summed E-state index contributed by atoms with van der Waals surface area (Å²) in [5.74, 6) is 0.422. The van der Waals surface area contributed by atoms with Gasteiger partial charge in [0.15, 0.2) is 0 Å². The standard InChI is InChI=1S/C8H14N2O/c1-8-5-9-4-6(8)10-3-2-7(8)11/h6,9-10H,2-5H2,1H3. The van der Waals surface area contributed by atoms with Crippen LogP contribution in [0, 0.1) is 5.41 Å². The summed E-state index contributed by atoms with van der Waals surface area (Å²) in [6, 6.07) is 0.378. The minimum Gasteiger partial charge on any atom is -0.314 e. The lowest BCUT2D eigenvalue weighted by molar-refractivity contribution is -0.129. The van der Waals surface area contributed by atoms with Gasteiger partial charge in [-0.2, -0.15) is 0 Å². The Kier molecular flexibility index (Phi) is 1.51. The summed E-state index contributed by atoms with van der Waals surface area (Å²) < 4.78 is 0. The minimum absolute atomic E-state index is 0.113. The predicted molar refractivity (Wildman–Crippen MR) is 42.4 cm³/mol. The zero-order chi connectivity index (χ0) is 7.90. The molecule has 0 saturated carbocycles. The highest BCUT2D eigenvalue weighted by atomic mass is 16.1. The number of fused-ring (bicyclic) bond motifs is 1. The largest absolute Gasteiger partial charge is 0.314 e. The average Bonchev–Trinajstić information content (AvgIpc) is 2.34. The van der Waals surface area contributed by atoms with Gasteiger partial charge in [-0.15, -0.1) is 0 Å². The first-order valence-corrected chi connectivity index (χ1v) is 4.21. The number of hydrogen-bond donors (Lipinski definition) is 2. The van der Waals surface area contributed by atoms with Crippen molar-refractivity contribution in [3.8, 4) is 0 Å². The van der Waals surface area contributed by atoms with E-state index in [1.807, 2.05) is 0 Å². The molecule has 2 heterocycles. The van der Waals surface area contributed by atoms with E-state index >= 15 is 0 Å². The third-order valence-corrected chi connectivity index (χ3v) is 2.99. The molecule has 3 heteroatoms. The Morgan fingerprint density at radius 3 is 3.18 bits per heavy atom. The van der Waals surface area contributed by atoms with Gasteiger partial charge in [-0.25, -0.2) is 0 Å². The predicted octanol–water partition coefficient (Wildman–Crippen LogP) is -0.473. The van der Waals surface area contributed by atoms with Crippen molar-refractivity contribution in [2.24, 2.45) is 5.41 Å². The molecule has 0 radical (unpaired) electrons. The molecule has 0 aromatic carbocycles. The van der Waals surface area contributed by atoms with Crippen LogP contribution < -0.4 is 10.6 Å².